The highest BCUT2D eigenvalue weighted by molar-refractivity contribution is 7.99. The van der Waals surface area contributed by atoms with Crippen LogP contribution in [0, 0.1) is 5.92 Å². The molecule has 2 saturated carbocycles. The maximum Gasteiger partial charge on any atom is 0.153 e. The number of rotatable bonds is 8. The number of nitrogens with zero attached hydrogens (tertiary/aromatic N) is 2. The van der Waals surface area contributed by atoms with Crippen LogP contribution in [0.25, 0.3) is 0 Å². The molecule has 30 heavy (non-hydrogen) atoms. The largest absolute Gasteiger partial charge is 0.367 e. The van der Waals surface area contributed by atoms with E-state index in [0.717, 1.165) is 29.8 Å². The van der Waals surface area contributed by atoms with Gasteiger partial charge in [0.25, 0.3) is 0 Å². The molecule has 0 atom stereocenters. The van der Waals surface area contributed by atoms with Gasteiger partial charge in [-0.25, -0.2) is 4.98 Å². The second kappa shape index (κ2) is 9.13. The van der Waals surface area contributed by atoms with E-state index in [9.17, 15) is 0 Å². The van der Waals surface area contributed by atoms with Gasteiger partial charge in [-0.2, -0.15) is 5.10 Å². The number of nitrogens with one attached hydrogen (secondary N) is 3. The van der Waals surface area contributed by atoms with E-state index >= 15 is 0 Å². The molecule has 156 valence electrons. The molecule has 2 aliphatic carbocycles. The van der Waals surface area contributed by atoms with Crippen molar-refractivity contribution < 1.29 is 0 Å². The number of benzene rings is 1. The van der Waals surface area contributed by atoms with E-state index < -0.39 is 0 Å². The normalized spacial score (nSPS) is 17.1. The van der Waals surface area contributed by atoms with Crippen molar-refractivity contribution in [1.82, 2.24) is 15.2 Å². The van der Waals surface area contributed by atoms with Crippen molar-refractivity contribution >= 4 is 29.2 Å². The number of hydrogen-bond donors (Lipinski definition) is 3. The van der Waals surface area contributed by atoms with Gasteiger partial charge in [-0.1, -0.05) is 49.2 Å². The van der Waals surface area contributed by atoms with Gasteiger partial charge in [-0.05, 0) is 62.3 Å². The Bertz CT molecular complexity index is 961. The van der Waals surface area contributed by atoms with Crippen molar-refractivity contribution in [1.29, 1.82) is 0 Å². The van der Waals surface area contributed by atoms with Gasteiger partial charge < -0.3 is 10.6 Å². The van der Waals surface area contributed by atoms with Crippen LogP contribution < -0.4 is 10.6 Å². The van der Waals surface area contributed by atoms with Gasteiger partial charge in [0.05, 0.1) is 0 Å². The maximum absolute atomic E-state index is 4.86. The second-order valence-corrected chi connectivity index (χ2v) is 9.67. The molecule has 3 N–H and O–H groups in total. The summed E-state index contributed by atoms with van der Waals surface area (Å²) in [6, 6.07) is 17.4. The molecule has 0 aliphatic heterocycles. The van der Waals surface area contributed by atoms with E-state index in [-0.39, 0.29) is 0 Å². The van der Waals surface area contributed by atoms with Crippen molar-refractivity contribution in [2.24, 2.45) is 5.92 Å². The minimum absolute atomic E-state index is 0.520. The molecule has 5 nitrogen and oxygen atoms in total. The van der Waals surface area contributed by atoms with Gasteiger partial charge in [0.1, 0.15) is 11.6 Å². The van der Waals surface area contributed by atoms with Crippen LogP contribution in [0.15, 0.2) is 58.3 Å². The predicted molar refractivity (Wildman–Crippen MR) is 124 cm³/mol. The van der Waals surface area contributed by atoms with Crippen molar-refractivity contribution in [2.45, 2.75) is 67.2 Å². The van der Waals surface area contributed by atoms with E-state index in [1.807, 2.05) is 0 Å². The molecule has 2 fully saturated rings. The van der Waals surface area contributed by atoms with Gasteiger partial charge in [0, 0.05) is 27.6 Å². The molecule has 6 heteroatoms. The summed E-state index contributed by atoms with van der Waals surface area (Å²) in [6.07, 6.45) is 10.2. The fourth-order valence-electron chi connectivity index (χ4n) is 4.08. The van der Waals surface area contributed by atoms with Gasteiger partial charge >= 0.3 is 0 Å². The molecule has 0 radical (unpaired) electrons. The summed E-state index contributed by atoms with van der Waals surface area (Å²) in [5.41, 5.74) is 1.20. The first-order valence-corrected chi connectivity index (χ1v) is 11.9. The Kier molecular flexibility index (Phi) is 5.93. The third kappa shape index (κ3) is 5.36. The molecule has 0 spiro atoms. The molecule has 0 bridgehead atoms. The van der Waals surface area contributed by atoms with Crippen LogP contribution in [0.1, 0.15) is 50.6 Å². The quantitative estimate of drug-likeness (QED) is 0.394. The average Bonchev–Trinajstić information content (AvgIpc) is 3.47. The molecule has 0 saturated heterocycles. The maximum atomic E-state index is 4.86. The lowest BCUT2D eigenvalue weighted by molar-refractivity contribution is 0.462. The number of anilines is 3. The molecule has 2 heterocycles. The zero-order valence-electron chi connectivity index (χ0n) is 17.2. The van der Waals surface area contributed by atoms with Crippen molar-refractivity contribution in [3.05, 3.63) is 54.2 Å². The van der Waals surface area contributed by atoms with E-state index in [1.165, 1.54) is 60.4 Å². The Morgan fingerprint density at radius 2 is 1.67 bits per heavy atom. The van der Waals surface area contributed by atoms with Gasteiger partial charge in [0.15, 0.2) is 5.82 Å². The van der Waals surface area contributed by atoms with E-state index in [1.54, 1.807) is 11.8 Å². The molecule has 0 amide bonds. The van der Waals surface area contributed by atoms with Crippen LogP contribution in [-0.2, 0) is 6.42 Å². The first-order chi connectivity index (χ1) is 14.8. The summed E-state index contributed by atoms with van der Waals surface area (Å²) in [7, 11) is 0. The number of H-pyrrole nitrogens is 1. The smallest absolute Gasteiger partial charge is 0.153 e. The van der Waals surface area contributed by atoms with Crippen LogP contribution in [0.4, 0.5) is 17.5 Å². The third-order valence-corrected chi connectivity index (χ3v) is 6.81. The lowest BCUT2D eigenvalue weighted by Crippen LogP contribution is -2.22. The van der Waals surface area contributed by atoms with Crippen molar-refractivity contribution in [3.8, 4) is 0 Å². The number of pyridine rings is 1. The van der Waals surface area contributed by atoms with Crippen molar-refractivity contribution in [2.75, 3.05) is 10.6 Å². The molecule has 2 aromatic heterocycles. The molecule has 2 aliphatic rings. The van der Waals surface area contributed by atoms with Crippen LogP contribution >= 0.6 is 11.8 Å². The highest BCUT2D eigenvalue weighted by atomic mass is 32.2. The van der Waals surface area contributed by atoms with E-state index in [0.29, 0.717) is 6.04 Å². The summed E-state index contributed by atoms with van der Waals surface area (Å²) in [5.74, 6) is 3.45. The fourth-order valence-corrected chi connectivity index (χ4v) is 4.98. The van der Waals surface area contributed by atoms with E-state index in [2.05, 4.69) is 69.4 Å². The van der Waals surface area contributed by atoms with Crippen molar-refractivity contribution in [3.63, 3.8) is 0 Å². The Balaban J connectivity index is 1.35. The predicted octanol–water partition coefficient (Wildman–Crippen LogP) is 6.40. The Hall–Kier alpha value is -2.47. The lowest BCUT2D eigenvalue weighted by Gasteiger charge is -2.23. The van der Waals surface area contributed by atoms with Gasteiger partial charge in [0.2, 0.25) is 0 Å². The topological polar surface area (TPSA) is 65.6 Å². The molecule has 5 rings (SSSR count). The summed E-state index contributed by atoms with van der Waals surface area (Å²) in [4.78, 5) is 7.26. The second-order valence-electron chi connectivity index (χ2n) is 8.52. The summed E-state index contributed by atoms with van der Waals surface area (Å²) < 4.78 is 0. The summed E-state index contributed by atoms with van der Waals surface area (Å²) in [6.45, 7) is 0. The molecular formula is C24H29N5S. The molecular weight excluding hydrogens is 390 g/mol. The lowest BCUT2D eigenvalue weighted by atomic mass is 9.95. The van der Waals surface area contributed by atoms with Gasteiger partial charge in [-0.3, -0.25) is 5.10 Å². The Labute approximate surface area is 182 Å². The van der Waals surface area contributed by atoms with Crippen LogP contribution in [0.3, 0.4) is 0 Å². The monoisotopic (exact) mass is 419 g/mol. The Morgan fingerprint density at radius 3 is 2.47 bits per heavy atom. The van der Waals surface area contributed by atoms with Crippen LogP contribution in [0.5, 0.6) is 0 Å². The molecule has 1 aromatic carbocycles. The molecule has 3 aromatic rings. The SMILES string of the molecule is c1ccc(Sc2cc(Nc3cc(CC4CC4)[nH]n3)nc(NC3CCCCC3)c2)cc1. The minimum atomic E-state index is 0.520. The zero-order valence-corrected chi connectivity index (χ0v) is 18.0. The fraction of sp³-hybridized carbons (Fsp3) is 0.417. The summed E-state index contributed by atoms with van der Waals surface area (Å²) in [5, 5.41) is 14.7. The highest BCUT2D eigenvalue weighted by Crippen LogP contribution is 2.34. The number of hydrogen-bond acceptors (Lipinski definition) is 5. The Morgan fingerprint density at radius 1 is 0.867 bits per heavy atom. The first-order valence-electron chi connectivity index (χ1n) is 11.1. The van der Waals surface area contributed by atoms with Gasteiger partial charge in [-0.15, -0.1) is 0 Å². The highest BCUT2D eigenvalue weighted by Gasteiger charge is 2.22. The average molecular weight is 420 g/mol. The van der Waals surface area contributed by atoms with Crippen LogP contribution in [-0.4, -0.2) is 21.2 Å². The number of aromatic amines is 1. The third-order valence-electron chi connectivity index (χ3n) is 5.83. The zero-order chi connectivity index (χ0) is 20.2. The van der Waals surface area contributed by atoms with E-state index in [4.69, 9.17) is 4.98 Å². The molecule has 0 unspecified atom stereocenters. The van der Waals surface area contributed by atoms with Crippen LogP contribution in [0.2, 0.25) is 0 Å². The standard InChI is InChI=1S/C24H29N5S/c1-3-7-18(8-4-1)25-22-15-21(30-20-9-5-2-6-10-20)16-23(26-22)27-24-14-19(28-29-24)13-17-11-12-17/h2,5-6,9-10,14-18H,1,3-4,7-8,11-13H2,(H3,25,26,27,28,29). The summed E-state index contributed by atoms with van der Waals surface area (Å²) >= 11 is 1.76. The number of aromatic nitrogens is 3. The minimum Gasteiger partial charge on any atom is -0.367 e. The first kappa shape index (κ1) is 19.5.